The maximum Gasteiger partial charge on any atom is 0.493 e. The van der Waals surface area contributed by atoms with Gasteiger partial charge >= 0.3 is 13.1 Å². The minimum Gasteiger partial charge on any atom is -0.423 e. The third kappa shape index (κ3) is 4.50. The lowest BCUT2D eigenvalue weighted by Gasteiger charge is -2.38. The van der Waals surface area contributed by atoms with E-state index in [1.54, 1.807) is 27.7 Å². The van der Waals surface area contributed by atoms with E-state index in [2.05, 4.69) is 15.3 Å². The zero-order valence-electron chi connectivity index (χ0n) is 12.9. The molecule has 116 valence electrons. The molecular weight excluding hydrogens is 275 g/mol. The number of pyridine rings is 1. The van der Waals surface area contributed by atoms with Gasteiger partial charge in [0.2, 0.25) is 0 Å². The summed E-state index contributed by atoms with van der Waals surface area (Å²) in [7, 11) is 0.191. The molecule has 8 heteroatoms. The van der Waals surface area contributed by atoms with Crippen molar-refractivity contribution in [3.05, 3.63) is 24.0 Å². The van der Waals surface area contributed by atoms with Crippen molar-refractivity contribution < 1.29 is 24.4 Å². The largest absolute Gasteiger partial charge is 0.493 e. The third-order valence-corrected chi connectivity index (χ3v) is 3.36. The van der Waals surface area contributed by atoms with Crippen LogP contribution < -0.4 is 10.9 Å². The molecule has 0 unspecified atom stereocenters. The lowest BCUT2D eigenvalue weighted by molar-refractivity contribution is -0.0982. The molecule has 0 aliphatic carbocycles. The van der Waals surface area contributed by atoms with Gasteiger partial charge in [0, 0.05) is 18.7 Å². The fraction of sp³-hybridized carbons (Fsp3) is 0.538. The van der Waals surface area contributed by atoms with Crippen LogP contribution in [0.5, 0.6) is 0 Å². The Balaban J connectivity index is 2.80. The number of aromatic nitrogens is 1. The van der Waals surface area contributed by atoms with Gasteiger partial charge in [0.15, 0.2) is 0 Å². The second-order valence-electron chi connectivity index (χ2n) is 5.61. The van der Waals surface area contributed by atoms with E-state index in [1.165, 1.54) is 25.4 Å². The average molecular weight is 296 g/mol. The summed E-state index contributed by atoms with van der Waals surface area (Å²) < 4.78 is 5.47. The van der Waals surface area contributed by atoms with E-state index in [4.69, 9.17) is 4.65 Å². The molecule has 0 aliphatic heterocycles. The van der Waals surface area contributed by atoms with Crippen molar-refractivity contribution in [2.24, 2.45) is 0 Å². The first kappa shape index (κ1) is 17.6. The van der Waals surface area contributed by atoms with Crippen molar-refractivity contribution in [3.8, 4) is 0 Å². The highest BCUT2D eigenvalue weighted by Crippen LogP contribution is 2.25. The van der Waals surface area contributed by atoms with Crippen LogP contribution in [-0.2, 0) is 9.49 Å². The summed E-state index contributed by atoms with van der Waals surface area (Å²) in [6.45, 7) is 6.52. The number of hydrogen-bond donors (Lipinski definition) is 3. The highest BCUT2D eigenvalue weighted by Gasteiger charge is 2.39. The highest BCUT2D eigenvalue weighted by atomic mass is 16.7. The zero-order chi connectivity index (χ0) is 16.3. The van der Waals surface area contributed by atoms with Crippen molar-refractivity contribution >= 4 is 18.6 Å². The van der Waals surface area contributed by atoms with E-state index in [0.29, 0.717) is 5.46 Å². The van der Waals surface area contributed by atoms with E-state index >= 15 is 0 Å². The predicted molar refractivity (Wildman–Crippen MR) is 77.8 cm³/mol. The van der Waals surface area contributed by atoms with Gasteiger partial charge in [-0.05, 0) is 33.8 Å². The maximum atomic E-state index is 11.4. The van der Waals surface area contributed by atoms with Gasteiger partial charge in [-0.1, -0.05) is 6.07 Å². The SMILES string of the molecule is CNOC(=O)c1ccc(B(O)OC(C)(C)C(C)(C)O)cn1. The number of carbonyl (C=O) groups excluding carboxylic acids is 1. The molecule has 0 bridgehead atoms. The topological polar surface area (TPSA) is 101 Å². The van der Waals surface area contributed by atoms with Crippen LogP contribution in [0.3, 0.4) is 0 Å². The second-order valence-corrected chi connectivity index (χ2v) is 5.61. The van der Waals surface area contributed by atoms with Gasteiger partial charge in [0.05, 0.1) is 11.2 Å². The molecular formula is C13H21BN2O5. The summed E-state index contributed by atoms with van der Waals surface area (Å²) in [5, 5.41) is 20.0. The van der Waals surface area contributed by atoms with Gasteiger partial charge in [-0.25, -0.2) is 9.78 Å². The number of nitrogens with zero attached hydrogens (tertiary/aromatic N) is 1. The number of rotatable bonds is 6. The molecule has 1 rings (SSSR count). The third-order valence-electron chi connectivity index (χ3n) is 3.36. The maximum absolute atomic E-state index is 11.4. The molecule has 1 aromatic rings. The smallest absolute Gasteiger partial charge is 0.423 e. The lowest BCUT2D eigenvalue weighted by atomic mass is 9.77. The van der Waals surface area contributed by atoms with Crippen LogP contribution in [0.25, 0.3) is 0 Å². The highest BCUT2D eigenvalue weighted by molar-refractivity contribution is 6.60. The Hall–Kier alpha value is -1.48. The first-order chi connectivity index (χ1) is 9.58. The molecule has 0 saturated heterocycles. The first-order valence-corrected chi connectivity index (χ1v) is 6.50. The number of hydroxylamine groups is 1. The summed E-state index contributed by atoms with van der Waals surface area (Å²) in [6.07, 6.45) is 1.32. The minimum atomic E-state index is -1.27. The van der Waals surface area contributed by atoms with Gasteiger partial charge in [-0.15, -0.1) is 0 Å². The van der Waals surface area contributed by atoms with Crippen LogP contribution in [0.4, 0.5) is 0 Å². The minimum absolute atomic E-state index is 0.0991. The van der Waals surface area contributed by atoms with Gasteiger partial charge in [-0.2, -0.15) is 5.48 Å². The summed E-state index contributed by atoms with van der Waals surface area (Å²) >= 11 is 0. The quantitative estimate of drug-likeness (QED) is 0.486. The molecule has 0 aliphatic rings. The van der Waals surface area contributed by atoms with Crippen LogP contribution >= 0.6 is 0 Å². The van der Waals surface area contributed by atoms with Crippen molar-refractivity contribution in [3.63, 3.8) is 0 Å². The molecule has 0 amide bonds. The zero-order valence-corrected chi connectivity index (χ0v) is 12.9. The molecule has 0 fully saturated rings. The number of carbonyl (C=O) groups is 1. The fourth-order valence-electron chi connectivity index (χ4n) is 1.31. The van der Waals surface area contributed by atoms with Crippen LogP contribution in [0, 0.1) is 0 Å². The lowest BCUT2D eigenvalue weighted by Crippen LogP contribution is -2.53. The molecule has 0 aromatic carbocycles. The summed E-state index contributed by atoms with van der Waals surface area (Å²) in [5.74, 6) is -0.628. The monoisotopic (exact) mass is 296 g/mol. The van der Waals surface area contributed by atoms with E-state index in [0.717, 1.165) is 0 Å². The Morgan fingerprint density at radius 2 is 1.95 bits per heavy atom. The molecule has 0 spiro atoms. The Morgan fingerprint density at radius 3 is 2.38 bits per heavy atom. The van der Waals surface area contributed by atoms with E-state index in [9.17, 15) is 14.9 Å². The van der Waals surface area contributed by atoms with Crippen LogP contribution in [0.1, 0.15) is 38.2 Å². The Bertz CT molecular complexity index is 484. The number of aliphatic hydroxyl groups is 1. The van der Waals surface area contributed by atoms with Crippen molar-refractivity contribution in [1.82, 2.24) is 10.5 Å². The predicted octanol–water partition coefficient (Wildman–Crippen LogP) is -0.374. The van der Waals surface area contributed by atoms with Crippen molar-refractivity contribution in [2.75, 3.05) is 7.05 Å². The molecule has 0 atom stereocenters. The van der Waals surface area contributed by atoms with Crippen LogP contribution in [0.2, 0.25) is 0 Å². The second kappa shape index (κ2) is 6.53. The molecule has 0 saturated carbocycles. The normalized spacial score (nSPS) is 12.1. The molecule has 1 aromatic heterocycles. The standard InChI is InChI=1S/C13H21BN2O5/c1-12(2,18)13(3,4)21-14(19)9-6-7-10(16-8-9)11(17)20-15-5/h6-8,15,18-19H,1-5H3. The first-order valence-electron chi connectivity index (χ1n) is 6.50. The summed E-state index contributed by atoms with van der Waals surface area (Å²) in [5.41, 5.74) is 0.611. The van der Waals surface area contributed by atoms with Crippen LogP contribution in [0.15, 0.2) is 18.3 Å². The van der Waals surface area contributed by atoms with Gasteiger partial charge < -0.3 is 19.6 Å². The molecule has 1 heterocycles. The fourth-order valence-corrected chi connectivity index (χ4v) is 1.31. The van der Waals surface area contributed by atoms with E-state index < -0.39 is 24.3 Å². The van der Waals surface area contributed by atoms with Crippen molar-refractivity contribution in [1.29, 1.82) is 0 Å². The van der Waals surface area contributed by atoms with E-state index in [1.807, 2.05) is 0 Å². The van der Waals surface area contributed by atoms with Gasteiger partial charge in [0.1, 0.15) is 5.69 Å². The Morgan fingerprint density at radius 1 is 1.33 bits per heavy atom. The van der Waals surface area contributed by atoms with Crippen LogP contribution in [-0.4, -0.2) is 46.5 Å². The summed E-state index contributed by atoms with van der Waals surface area (Å²) in [6, 6.07) is 2.92. The Labute approximate surface area is 124 Å². The number of nitrogens with one attached hydrogen (secondary N) is 1. The molecule has 7 nitrogen and oxygen atoms in total. The molecule has 0 radical (unpaired) electrons. The van der Waals surface area contributed by atoms with Gasteiger partial charge in [-0.3, -0.25) is 0 Å². The van der Waals surface area contributed by atoms with E-state index in [-0.39, 0.29) is 5.69 Å². The number of hydrogen-bond acceptors (Lipinski definition) is 7. The average Bonchev–Trinajstić information content (AvgIpc) is 2.37. The molecule has 3 N–H and O–H groups in total. The Kier molecular flexibility index (Phi) is 5.46. The summed E-state index contributed by atoms with van der Waals surface area (Å²) in [4.78, 5) is 19.9. The molecule has 21 heavy (non-hydrogen) atoms. The van der Waals surface area contributed by atoms with Crippen molar-refractivity contribution in [2.45, 2.75) is 38.9 Å². The van der Waals surface area contributed by atoms with Gasteiger partial charge in [0.25, 0.3) is 0 Å².